The molecule has 0 fully saturated rings. The van der Waals surface area contributed by atoms with Crippen molar-refractivity contribution in [2.45, 2.75) is 13.5 Å². The van der Waals surface area contributed by atoms with E-state index < -0.39 is 9.84 Å². The minimum Gasteiger partial charge on any atom is -0.396 e. The molecule has 0 saturated carbocycles. The first kappa shape index (κ1) is 16.0. The Bertz CT molecular complexity index is 759. The van der Waals surface area contributed by atoms with E-state index >= 15 is 0 Å². The number of aromatic nitrogens is 2. The summed E-state index contributed by atoms with van der Waals surface area (Å²) in [6.07, 6.45) is 1.58. The molecule has 2 N–H and O–H groups in total. The zero-order valence-corrected chi connectivity index (χ0v) is 13.8. The number of nitrogens with zero attached hydrogens (tertiary/aromatic N) is 2. The summed E-state index contributed by atoms with van der Waals surface area (Å²) in [7, 11) is -3.06. The Morgan fingerprint density at radius 1 is 1.43 bits per heavy atom. The summed E-state index contributed by atoms with van der Waals surface area (Å²) in [6, 6.07) is 4.22. The summed E-state index contributed by atoms with van der Waals surface area (Å²) < 4.78 is 38.2. The summed E-state index contributed by atoms with van der Waals surface area (Å²) >= 11 is 3.27. The third kappa shape index (κ3) is 3.82. The molecule has 0 aliphatic heterocycles. The van der Waals surface area contributed by atoms with Gasteiger partial charge in [0, 0.05) is 22.0 Å². The largest absolute Gasteiger partial charge is 0.396 e. The highest BCUT2D eigenvalue weighted by Crippen LogP contribution is 2.31. The molecule has 5 nitrogen and oxygen atoms in total. The topological polar surface area (TPSA) is 78.0 Å². The number of nitrogens with two attached hydrogens (primary N) is 1. The SMILES string of the molecule is CCS(=O)(=O)CCn1cc(N)c(-c2ccc(F)cc2Br)n1. The molecule has 0 radical (unpaired) electrons. The van der Waals surface area contributed by atoms with E-state index in [4.69, 9.17) is 5.73 Å². The first-order chi connectivity index (χ1) is 9.82. The molecule has 2 aromatic rings. The lowest BCUT2D eigenvalue weighted by Crippen LogP contribution is -2.14. The summed E-state index contributed by atoms with van der Waals surface area (Å²) in [5.74, 6) is -0.257. The summed E-state index contributed by atoms with van der Waals surface area (Å²) in [5, 5.41) is 4.28. The summed E-state index contributed by atoms with van der Waals surface area (Å²) in [6.45, 7) is 1.84. The van der Waals surface area contributed by atoms with Crippen LogP contribution in [0.1, 0.15) is 6.92 Å². The molecule has 0 spiro atoms. The maximum absolute atomic E-state index is 13.1. The highest BCUT2D eigenvalue weighted by molar-refractivity contribution is 9.10. The van der Waals surface area contributed by atoms with Gasteiger partial charge in [-0.15, -0.1) is 0 Å². The van der Waals surface area contributed by atoms with Gasteiger partial charge in [-0.25, -0.2) is 12.8 Å². The maximum atomic E-state index is 13.1. The van der Waals surface area contributed by atoms with E-state index in [1.54, 1.807) is 19.2 Å². The van der Waals surface area contributed by atoms with Gasteiger partial charge < -0.3 is 5.73 Å². The molecule has 21 heavy (non-hydrogen) atoms. The molecule has 1 aromatic heterocycles. The number of sulfone groups is 1. The molecule has 0 bridgehead atoms. The van der Waals surface area contributed by atoms with Crippen LogP contribution in [0.25, 0.3) is 11.3 Å². The highest BCUT2D eigenvalue weighted by atomic mass is 79.9. The van der Waals surface area contributed by atoms with Gasteiger partial charge in [0.2, 0.25) is 0 Å². The third-order valence-corrected chi connectivity index (χ3v) is 5.39. The standard InChI is InChI=1S/C13H15BrFN3O2S/c1-2-21(19,20)6-5-18-8-12(16)13(17-18)10-4-3-9(15)7-11(10)14/h3-4,7-8H,2,5-6,16H2,1H3. The van der Waals surface area contributed by atoms with Crippen molar-refractivity contribution in [3.8, 4) is 11.3 Å². The van der Waals surface area contributed by atoms with Crippen molar-refractivity contribution in [2.24, 2.45) is 0 Å². The molecule has 2 rings (SSSR count). The lowest BCUT2D eigenvalue weighted by atomic mass is 10.1. The predicted molar refractivity (Wildman–Crippen MR) is 84.1 cm³/mol. The lowest BCUT2D eigenvalue weighted by molar-refractivity contribution is 0.582. The second-order valence-electron chi connectivity index (χ2n) is 4.56. The number of rotatable bonds is 5. The number of nitrogen functional groups attached to an aromatic ring is 1. The van der Waals surface area contributed by atoms with Crippen molar-refractivity contribution in [2.75, 3.05) is 17.2 Å². The number of anilines is 1. The van der Waals surface area contributed by atoms with E-state index in [1.165, 1.54) is 16.8 Å². The number of benzene rings is 1. The first-order valence-corrected chi connectivity index (χ1v) is 8.92. The Morgan fingerprint density at radius 2 is 2.14 bits per heavy atom. The molecule has 0 unspecified atom stereocenters. The normalized spacial score (nSPS) is 11.8. The zero-order chi connectivity index (χ0) is 15.6. The van der Waals surface area contributed by atoms with Crippen LogP contribution in [0.4, 0.5) is 10.1 Å². The van der Waals surface area contributed by atoms with E-state index in [0.29, 0.717) is 21.4 Å². The van der Waals surface area contributed by atoms with Gasteiger partial charge in [-0.05, 0) is 34.1 Å². The average Bonchev–Trinajstić information content (AvgIpc) is 2.78. The molecule has 0 atom stereocenters. The van der Waals surface area contributed by atoms with E-state index in [9.17, 15) is 12.8 Å². The fourth-order valence-electron chi connectivity index (χ4n) is 1.82. The average molecular weight is 376 g/mol. The van der Waals surface area contributed by atoms with Gasteiger partial charge in [-0.1, -0.05) is 6.92 Å². The Hall–Kier alpha value is -1.41. The summed E-state index contributed by atoms with van der Waals surface area (Å²) in [4.78, 5) is 0. The smallest absolute Gasteiger partial charge is 0.151 e. The number of aryl methyl sites for hydroxylation is 1. The molecular formula is C13H15BrFN3O2S. The van der Waals surface area contributed by atoms with Crippen molar-refractivity contribution in [3.05, 3.63) is 34.7 Å². The first-order valence-electron chi connectivity index (χ1n) is 6.31. The van der Waals surface area contributed by atoms with E-state index in [1.807, 2.05) is 0 Å². The maximum Gasteiger partial charge on any atom is 0.151 e. The molecule has 0 amide bonds. The Morgan fingerprint density at radius 3 is 2.76 bits per heavy atom. The van der Waals surface area contributed by atoms with E-state index in [2.05, 4.69) is 21.0 Å². The quantitative estimate of drug-likeness (QED) is 0.870. The summed E-state index contributed by atoms with van der Waals surface area (Å²) in [5.41, 5.74) is 7.47. The molecule has 1 aromatic carbocycles. The van der Waals surface area contributed by atoms with Crippen molar-refractivity contribution < 1.29 is 12.8 Å². The number of hydrogen-bond acceptors (Lipinski definition) is 4. The van der Waals surface area contributed by atoms with Crippen molar-refractivity contribution in [3.63, 3.8) is 0 Å². The van der Waals surface area contributed by atoms with Crippen LogP contribution in [0.2, 0.25) is 0 Å². The molecule has 1 heterocycles. The van der Waals surface area contributed by atoms with Crippen molar-refractivity contribution in [1.82, 2.24) is 9.78 Å². The van der Waals surface area contributed by atoms with Crippen molar-refractivity contribution >= 4 is 31.5 Å². The molecule has 8 heteroatoms. The van der Waals surface area contributed by atoms with Gasteiger partial charge in [0.05, 0.1) is 18.0 Å². The monoisotopic (exact) mass is 375 g/mol. The van der Waals surface area contributed by atoms with Crippen LogP contribution in [0, 0.1) is 5.82 Å². The third-order valence-electron chi connectivity index (χ3n) is 3.05. The number of halogens is 2. The second kappa shape index (κ2) is 6.15. The molecule has 0 aliphatic carbocycles. The van der Waals surface area contributed by atoms with Gasteiger partial charge in [0.15, 0.2) is 9.84 Å². The fourth-order valence-corrected chi connectivity index (χ4v) is 3.11. The van der Waals surface area contributed by atoms with E-state index in [0.717, 1.165) is 0 Å². The lowest BCUT2D eigenvalue weighted by Gasteiger charge is -2.03. The molecule has 0 saturated heterocycles. The van der Waals surface area contributed by atoms with Gasteiger partial charge in [0.25, 0.3) is 0 Å². The van der Waals surface area contributed by atoms with Gasteiger partial charge in [-0.2, -0.15) is 5.10 Å². The van der Waals surface area contributed by atoms with Gasteiger partial charge in [-0.3, -0.25) is 4.68 Å². The predicted octanol–water partition coefficient (Wildman–Crippen LogP) is 2.47. The molecular weight excluding hydrogens is 361 g/mol. The van der Waals surface area contributed by atoms with Crippen LogP contribution < -0.4 is 5.73 Å². The van der Waals surface area contributed by atoms with Gasteiger partial charge in [0.1, 0.15) is 11.5 Å². The fraction of sp³-hybridized carbons (Fsp3) is 0.308. The molecule has 0 aliphatic rings. The highest BCUT2D eigenvalue weighted by Gasteiger charge is 2.14. The second-order valence-corrected chi connectivity index (χ2v) is 7.88. The van der Waals surface area contributed by atoms with Crippen LogP contribution in [-0.2, 0) is 16.4 Å². The van der Waals surface area contributed by atoms with Crippen LogP contribution in [0.15, 0.2) is 28.9 Å². The molecule has 114 valence electrons. The minimum absolute atomic E-state index is 0.00858. The van der Waals surface area contributed by atoms with E-state index in [-0.39, 0.29) is 23.9 Å². The zero-order valence-electron chi connectivity index (χ0n) is 11.4. The van der Waals surface area contributed by atoms with Crippen LogP contribution >= 0.6 is 15.9 Å². The Labute approximate surface area is 131 Å². The Kier molecular flexibility index (Phi) is 4.67. The Balaban J connectivity index is 2.27. The minimum atomic E-state index is -3.06. The van der Waals surface area contributed by atoms with Gasteiger partial charge >= 0.3 is 0 Å². The van der Waals surface area contributed by atoms with Crippen LogP contribution in [0.5, 0.6) is 0 Å². The van der Waals surface area contributed by atoms with Crippen molar-refractivity contribution in [1.29, 1.82) is 0 Å². The van der Waals surface area contributed by atoms with Crippen LogP contribution in [-0.4, -0.2) is 29.7 Å². The van der Waals surface area contributed by atoms with Crippen LogP contribution in [0.3, 0.4) is 0 Å². The number of hydrogen-bond donors (Lipinski definition) is 1.